The Morgan fingerprint density at radius 3 is 2.67 bits per heavy atom. The van der Waals surface area contributed by atoms with Crippen LogP contribution in [0, 0.1) is 0 Å². The first-order chi connectivity index (χ1) is 13.1. The second-order valence-corrected chi connectivity index (χ2v) is 6.28. The van der Waals surface area contributed by atoms with Gasteiger partial charge in [-0.1, -0.05) is 23.5 Å². The summed E-state index contributed by atoms with van der Waals surface area (Å²) >= 11 is 1.28. The van der Waals surface area contributed by atoms with Crippen LogP contribution in [0.2, 0.25) is 0 Å². The van der Waals surface area contributed by atoms with Crippen LogP contribution in [0.4, 0.5) is 5.13 Å². The molecular formula is C18H16N4O4S. The van der Waals surface area contributed by atoms with Crippen LogP contribution in [0.1, 0.15) is 5.56 Å². The number of nitrogens with one attached hydrogen (secondary N) is 2. The number of aromatic nitrogens is 1. The standard InChI is InChI=1S/C18H16N4O4S/c1-25-12-8-7-11(14(9-12)26-2)10-19-22-17(24)16(23)21-18-20-13-5-3-4-6-15(13)27-18/h3-10H,1-2H3,(H,22,24)(H,20,21,23)/b19-10-. The van der Waals surface area contributed by atoms with Gasteiger partial charge in [0.25, 0.3) is 0 Å². The van der Waals surface area contributed by atoms with Gasteiger partial charge in [0.05, 0.1) is 30.7 Å². The molecule has 27 heavy (non-hydrogen) atoms. The first kappa shape index (κ1) is 18.3. The largest absolute Gasteiger partial charge is 0.497 e. The lowest BCUT2D eigenvalue weighted by molar-refractivity contribution is -0.136. The highest BCUT2D eigenvalue weighted by Gasteiger charge is 2.15. The van der Waals surface area contributed by atoms with Gasteiger partial charge >= 0.3 is 11.8 Å². The summed E-state index contributed by atoms with van der Waals surface area (Å²) in [6.07, 6.45) is 1.38. The quantitative estimate of drug-likeness (QED) is 0.400. The summed E-state index contributed by atoms with van der Waals surface area (Å²) in [6, 6.07) is 12.6. The number of fused-ring (bicyclic) bond motifs is 1. The fourth-order valence-corrected chi connectivity index (χ4v) is 3.08. The van der Waals surface area contributed by atoms with Gasteiger partial charge in [-0.05, 0) is 24.3 Å². The van der Waals surface area contributed by atoms with Gasteiger partial charge < -0.3 is 9.47 Å². The first-order valence-corrected chi connectivity index (χ1v) is 8.64. The molecule has 0 saturated carbocycles. The lowest BCUT2D eigenvalue weighted by Gasteiger charge is -2.06. The molecule has 1 heterocycles. The number of thiazole rings is 1. The van der Waals surface area contributed by atoms with Crippen LogP contribution in [0.3, 0.4) is 0 Å². The van der Waals surface area contributed by atoms with E-state index in [4.69, 9.17) is 9.47 Å². The second kappa shape index (κ2) is 8.28. The highest BCUT2D eigenvalue weighted by Crippen LogP contribution is 2.25. The Balaban J connectivity index is 1.61. The highest BCUT2D eigenvalue weighted by atomic mass is 32.1. The molecule has 0 atom stereocenters. The fraction of sp³-hybridized carbons (Fsp3) is 0.111. The maximum atomic E-state index is 12.0. The maximum Gasteiger partial charge on any atom is 0.329 e. The van der Waals surface area contributed by atoms with Gasteiger partial charge in [0.15, 0.2) is 5.13 Å². The normalized spacial score (nSPS) is 10.7. The molecule has 1 aromatic heterocycles. The van der Waals surface area contributed by atoms with Crippen molar-refractivity contribution in [2.24, 2.45) is 5.10 Å². The van der Waals surface area contributed by atoms with Crippen LogP contribution >= 0.6 is 11.3 Å². The average molecular weight is 384 g/mol. The number of carbonyl (C=O) groups is 2. The highest BCUT2D eigenvalue weighted by molar-refractivity contribution is 7.22. The Morgan fingerprint density at radius 1 is 1.11 bits per heavy atom. The van der Waals surface area contributed by atoms with Gasteiger partial charge in [0.2, 0.25) is 0 Å². The minimum atomic E-state index is -0.905. The van der Waals surface area contributed by atoms with Gasteiger partial charge in [0, 0.05) is 11.6 Å². The predicted octanol–water partition coefficient (Wildman–Crippen LogP) is 2.40. The Morgan fingerprint density at radius 2 is 1.93 bits per heavy atom. The van der Waals surface area contributed by atoms with E-state index in [1.54, 1.807) is 25.3 Å². The summed E-state index contributed by atoms with van der Waals surface area (Å²) in [5.74, 6) is -0.611. The third-order valence-electron chi connectivity index (χ3n) is 3.53. The molecule has 138 valence electrons. The molecule has 0 unspecified atom stereocenters. The summed E-state index contributed by atoms with van der Waals surface area (Å²) in [5.41, 5.74) is 3.54. The monoisotopic (exact) mass is 384 g/mol. The number of rotatable bonds is 5. The fourth-order valence-electron chi connectivity index (χ4n) is 2.22. The Labute approximate surface area is 158 Å². The van der Waals surface area contributed by atoms with Crippen LogP contribution in [0.25, 0.3) is 10.2 Å². The summed E-state index contributed by atoms with van der Waals surface area (Å²) < 4.78 is 11.3. The van der Waals surface area contributed by atoms with Crippen molar-refractivity contribution in [1.29, 1.82) is 0 Å². The first-order valence-electron chi connectivity index (χ1n) is 7.82. The number of methoxy groups -OCH3 is 2. The average Bonchev–Trinajstić information content (AvgIpc) is 3.10. The smallest absolute Gasteiger partial charge is 0.329 e. The van der Waals surface area contributed by atoms with Crippen molar-refractivity contribution >= 4 is 44.7 Å². The summed E-state index contributed by atoms with van der Waals surface area (Å²) in [5, 5.41) is 6.59. The van der Waals surface area contributed by atoms with Gasteiger partial charge in [-0.3, -0.25) is 14.9 Å². The van der Waals surface area contributed by atoms with E-state index < -0.39 is 11.8 Å². The predicted molar refractivity (Wildman–Crippen MR) is 104 cm³/mol. The van der Waals surface area contributed by atoms with Gasteiger partial charge in [-0.2, -0.15) is 5.10 Å². The van der Waals surface area contributed by atoms with Crippen LogP contribution in [-0.4, -0.2) is 37.2 Å². The molecule has 0 spiro atoms. The van der Waals surface area contributed by atoms with E-state index in [0.717, 1.165) is 10.2 Å². The molecule has 0 bridgehead atoms. The number of hydrazone groups is 1. The third kappa shape index (κ3) is 4.39. The van der Waals surface area contributed by atoms with Crippen molar-refractivity contribution < 1.29 is 19.1 Å². The van der Waals surface area contributed by atoms with E-state index in [0.29, 0.717) is 22.2 Å². The number of hydrogen-bond acceptors (Lipinski definition) is 7. The number of benzene rings is 2. The lowest BCUT2D eigenvalue weighted by Crippen LogP contribution is -2.32. The van der Waals surface area contributed by atoms with Crippen LogP contribution in [0.15, 0.2) is 47.6 Å². The minimum absolute atomic E-state index is 0.345. The van der Waals surface area contributed by atoms with Gasteiger partial charge in [-0.15, -0.1) is 0 Å². The second-order valence-electron chi connectivity index (χ2n) is 5.25. The zero-order valence-electron chi connectivity index (χ0n) is 14.6. The molecule has 0 saturated heterocycles. The molecule has 8 nitrogen and oxygen atoms in total. The van der Waals surface area contributed by atoms with E-state index in [2.05, 4.69) is 20.8 Å². The summed E-state index contributed by atoms with van der Waals surface area (Å²) in [4.78, 5) is 28.1. The van der Waals surface area contributed by atoms with Crippen molar-refractivity contribution in [3.8, 4) is 11.5 Å². The molecule has 2 N–H and O–H groups in total. The lowest BCUT2D eigenvalue weighted by atomic mass is 10.2. The molecule has 2 amide bonds. The summed E-state index contributed by atoms with van der Waals surface area (Å²) in [6.45, 7) is 0. The minimum Gasteiger partial charge on any atom is -0.497 e. The van der Waals surface area contributed by atoms with Crippen LogP contribution in [0.5, 0.6) is 11.5 Å². The molecule has 3 rings (SSSR count). The Kier molecular flexibility index (Phi) is 5.62. The summed E-state index contributed by atoms with van der Waals surface area (Å²) in [7, 11) is 3.06. The van der Waals surface area contributed by atoms with Crippen molar-refractivity contribution in [3.05, 3.63) is 48.0 Å². The van der Waals surface area contributed by atoms with Gasteiger partial charge in [-0.25, -0.2) is 10.4 Å². The molecule has 0 radical (unpaired) electrons. The molecule has 9 heteroatoms. The SMILES string of the molecule is COc1ccc(/C=N\NC(=O)C(=O)Nc2nc3ccccc3s2)c(OC)c1. The molecule has 0 aliphatic heterocycles. The number of para-hydroxylation sites is 1. The third-order valence-corrected chi connectivity index (χ3v) is 4.48. The number of ether oxygens (including phenoxy) is 2. The molecular weight excluding hydrogens is 368 g/mol. The molecule has 0 fully saturated rings. The number of hydrogen-bond donors (Lipinski definition) is 2. The van der Waals surface area contributed by atoms with E-state index in [1.807, 2.05) is 24.3 Å². The zero-order valence-corrected chi connectivity index (χ0v) is 15.4. The number of nitrogens with zero attached hydrogens (tertiary/aromatic N) is 2. The number of anilines is 1. The van der Waals surface area contributed by atoms with Crippen molar-refractivity contribution in [1.82, 2.24) is 10.4 Å². The molecule has 0 aliphatic rings. The number of carbonyl (C=O) groups excluding carboxylic acids is 2. The van der Waals surface area contributed by atoms with Crippen molar-refractivity contribution in [2.45, 2.75) is 0 Å². The van der Waals surface area contributed by atoms with Crippen molar-refractivity contribution in [3.63, 3.8) is 0 Å². The Bertz CT molecular complexity index is 983. The molecule has 2 aromatic carbocycles. The maximum absolute atomic E-state index is 12.0. The zero-order chi connectivity index (χ0) is 19.2. The number of amides is 2. The van der Waals surface area contributed by atoms with Crippen molar-refractivity contribution in [2.75, 3.05) is 19.5 Å². The van der Waals surface area contributed by atoms with E-state index in [9.17, 15) is 9.59 Å². The van der Waals surface area contributed by atoms with E-state index in [1.165, 1.54) is 24.7 Å². The Hall–Kier alpha value is -3.46. The van der Waals surface area contributed by atoms with E-state index in [-0.39, 0.29) is 0 Å². The van der Waals surface area contributed by atoms with Gasteiger partial charge in [0.1, 0.15) is 11.5 Å². The molecule has 0 aliphatic carbocycles. The van der Waals surface area contributed by atoms with Crippen LogP contribution in [-0.2, 0) is 9.59 Å². The van der Waals surface area contributed by atoms with Crippen LogP contribution < -0.4 is 20.2 Å². The topological polar surface area (TPSA) is 102 Å². The van der Waals surface area contributed by atoms with E-state index >= 15 is 0 Å². The molecule has 3 aromatic rings.